The molecule has 2 aromatic heterocycles. The minimum Gasteiger partial charge on any atom is -0.388 e. The van der Waals surface area contributed by atoms with Gasteiger partial charge in [-0.2, -0.15) is 5.10 Å². The molecule has 0 amide bonds. The van der Waals surface area contributed by atoms with Gasteiger partial charge in [0.1, 0.15) is 5.39 Å². The van der Waals surface area contributed by atoms with E-state index in [9.17, 15) is 9.90 Å². The van der Waals surface area contributed by atoms with Gasteiger partial charge >= 0.3 is 0 Å². The number of nitrogens with zero attached hydrogens (tertiary/aromatic N) is 5. The lowest BCUT2D eigenvalue weighted by Crippen LogP contribution is -2.42. The van der Waals surface area contributed by atoms with E-state index in [1.165, 1.54) is 10.9 Å². The van der Waals surface area contributed by atoms with Crippen molar-refractivity contribution in [1.82, 2.24) is 24.8 Å². The maximum absolute atomic E-state index is 12.7. The van der Waals surface area contributed by atoms with Crippen LogP contribution in [-0.2, 0) is 6.54 Å². The first-order chi connectivity index (χ1) is 12.1. The van der Waals surface area contributed by atoms with Crippen LogP contribution in [0.4, 0.5) is 0 Å². The zero-order valence-corrected chi connectivity index (χ0v) is 14.2. The topological polar surface area (TPSA) is 85.8 Å². The van der Waals surface area contributed by atoms with E-state index in [1.54, 1.807) is 4.68 Å². The van der Waals surface area contributed by atoms with Gasteiger partial charge < -0.3 is 5.11 Å². The average Bonchev–Trinajstić information content (AvgIpc) is 3.06. The van der Waals surface area contributed by atoms with Gasteiger partial charge in [0.05, 0.1) is 24.0 Å². The third kappa shape index (κ3) is 2.95. The molecule has 0 unspecified atom stereocenters. The number of hydrogen-bond donors (Lipinski definition) is 1. The van der Waals surface area contributed by atoms with Crippen LogP contribution >= 0.6 is 0 Å². The van der Waals surface area contributed by atoms with E-state index in [1.807, 2.05) is 30.3 Å². The Bertz CT molecular complexity index is 939. The van der Waals surface area contributed by atoms with Crippen LogP contribution < -0.4 is 5.56 Å². The second-order valence-electron chi connectivity index (χ2n) is 7.09. The van der Waals surface area contributed by atoms with Crippen molar-refractivity contribution >= 4 is 11.0 Å². The van der Waals surface area contributed by atoms with Crippen molar-refractivity contribution in [2.24, 2.45) is 5.92 Å². The summed E-state index contributed by atoms with van der Waals surface area (Å²) in [6, 6.07) is 9.50. The number of hydrogen-bond acceptors (Lipinski definition) is 5. The predicted molar refractivity (Wildman–Crippen MR) is 93.5 cm³/mol. The molecule has 7 nitrogen and oxygen atoms in total. The molecule has 0 radical (unpaired) electrons. The molecule has 0 aliphatic heterocycles. The smallest absolute Gasteiger partial charge is 0.280 e. The van der Waals surface area contributed by atoms with Gasteiger partial charge in [-0.05, 0) is 43.7 Å². The Balaban J connectivity index is 1.69. The molecule has 0 spiro atoms. The van der Waals surface area contributed by atoms with E-state index >= 15 is 0 Å². The van der Waals surface area contributed by atoms with Crippen LogP contribution in [0.1, 0.15) is 32.6 Å². The van der Waals surface area contributed by atoms with Crippen molar-refractivity contribution in [3.63, 3.8) is 0 Å². The van der Waals surface area contributed by atoms with Gasteiger partial charge in [-0.3, -0.25) is 4.79 Å². The van der Waals surface area contributed by atoms with Crippen LogP contribution in [0.5, 0.6) is 0 Å². The maximum Gasteiger partial charge on any atom is 0.280 e. The van der Waals surface area contributed by atoms with Gasteiger partial charge in [0.25, 0.3) is 5.56 Å². The second-order valence-corrected chi connectivity index (χ2v) is 7.09. The average molecular weight is 339 g/mol. The number of benzene rings is 1. The molecule has 4 rings (SSSR count). The summed E-state index contributed by atoms with van der Waals surface area (Å²) in [5.74, 6) is 0.620. The monoisotopic (exact) mass is 339 g/mol. The molecule has 1 aliphatic carbocycles. The Kier molecular flexibility index (Phi) is 3.88. The van der Waals surface area contributed by atoms with Crippen LogP contribution in [0, 0.1) is 5.92 Å². The summed E-state index contributed by atoms with van der Waals surface area (Å²) >= 11 is 0. The lowest BCUT2D eigenvalue weighted by atomic mass is 9.79. The van der Waals surface area contributed by atoms with Crippen molar-refractivity contribution in [2.75, 3.05) is 0 Å². The summed E-state index contributed by atoms with van der Waals surface area (Å²) in [6.45, 7) is 2.37. The van der Waals surface area contributed by atoms with Gasteiger partial charge in [-0.1, -0.05) is 30.3 Å². The van der Waals surface area contributed by atoms with Crippen LogP contribution in [0.25, 0.3) is 16.7 Å². The van der Waals surface area contributed by atoms with E-state index in [2.05, 4.69) is 22.3 Å². The third-order valence-electron chi connectivity index (χ3n) is 5.11. The standard InChI is InChI=1S/C18H21N5O2/c1-13-7-9-18(25,10-8-13)12-22-17(24)15-11-19-23(16(15)20-21-22)14-5-3-2-4-6-14/h2-6,11,13,25H,7-10,12H2,1H3. The molecule has 130 valence electrons. The van der Waals surface area contributed by atoms with Gasteiger partial charge in [0, 0.05) is 0 Å². The SMILES string of the molecule is CC1CCC(O)(Cn2nnc3c(cnn3-c3ccccc3)c2=O)CC1. The highest BCUT2D eigenvalue weighted by Crippen LogP contribution is 2.32. The first kappa shape index (κ1) is 16.0. The lowest BCUT2D eigenvalue weighted by Gasteiger charge is -2.34. The molecular formula is C18H21N5O2. The second kappa shape index (κ2) is 6.07. The molecule has 1 N–H and O–H groups in total. The Morgan fingerprint density at radius 2 is 1.96 bits per heavy atom. The fourth-order valence-electron chi connectivity index (χ4n) is 3.46. The van der Waals surface area contributed by atoms with Crippen molar-refractivity contribution in [1.29, 1.82) is 0 Å². The summed E-state index contributed by atoms with van der Waals surface area (Å²) < 4.78 is 2.88. The Labute approximate surface area is 144 Å². The number of para-hydroxylation sites is 1. The number of rotatable bonds is 3. The number of fused-ring (bicyclic) bond motifs is 1. The van der Waals surface area contributed by atoms with E-state index < -0.39 is 5.60 Å². The highest BCUT2D eigenvalue weighted by molar-refractivity contribution is 5.74. The highest BCUT2D eigenvalue weighted by Gasteiger charge is 2.33. The van der Waals surface area contributed by atoms with Gasteiger partial charge in [0.15, 0.2) is 5.65 Å². The van der Waals surface area contributed by atoms with Crippen molar-refractivity contribution < 1.29 is 5.11 Å². The van der Waals surface area contributed by atoms with Crippen LogP contribution in [0.2, 0.25) is 0 Å². The van der Waals surface area contributed by atoms with Crippen molar-refractivity contribution in [3.8, 4) is 5.69 Å². The minimum atomic E-state index is -0.881. The molecule has 1 saturated carbocycles. The third-order valence-corrected chi connectivity index (χ3v) is 5.11. The molecule has 1 aliphatic rings. The fraction of sp³-hybridized carbons (Fsp3) is 0.444. The Morgan fingerprint density at radius 3 is 2.68 bits per heavy atom. The van der Waals surface area contributed by atoms with Crippen LogP contribution in [0.3, 0.4) is 0 Å². The zero-order chi connectivity index (χ0) is 17.4. The quantitative estimate of drug-likeness (QED) is 0.788. The molecule has 3 aromatic rings. The number of aromatic nitrogens is 5. The molecule has 7 heteroatoms. The fourth-order valence-corrected chi connectivity index (χ4v) is 3.46. The molecule has 25 heavy (non-hydrogen) atoms. The Hall–Kier alpha value is -2.54. The summed E-state index contributed by atoms with van der Waals surface area (Å²) in [7, 11) is 0. The van der Waals surface area contributed by atoms with E-state index in [4.69, 9.17) is 0 Å². The van der Waals surface area contributed by atoms with E-state index in [-0.39, 0.29) is 12.1 Å². The normalized spacial score (nSPS) is 23.8. The van der Waals surface area contributed by atoms with Gasteiger partial charge in [-0.25, -0.2) is 9.36 Å². The first-order valence-electron chi connectivity index (χ1n) is 8.65. The maximum atomic E-state index is 12.7. The van der Waals surface area contributed by atoms with Crippen LogP contribution in [-0.4, -0.2) is 35.5 Å². The zero-order valence-electron chi connectivity index (χ0n) is 14.2. The van der Waals surface area contributed by atoms with Crippen molar-refractivity contribution in [3.05, 3.63) is 46.9 Å². The van der Waals surface area contributed by atoms with Gasteiger partial charge in [0.2, 0.25) is 0 Å². The predicted octanol–water partition coefficient (Wildman–Crippen LogP) is 1.92. The molecule has 1 aromatic carbocycles. The summed E-state index contributed by atoms with van der Waals surface area (Å²) in [5.41, 5.74) is 0.105. The highest BCUT2D eigenvalue weighted by atomic mass is 16.3. The summed E-state index contributed by atoms with van der Waals surface area (Å²) in [4.78, 5) is 12.7. The number of aliphatic hydroxyl groups is 1. The molecule has 0 saturated heterocycles. The summed E-state index contributed by atoms with van der Waals surface area (Å²) in [5, 5.41) is 23.7. The first-order valence-corrected chi connectivity index (χ1v) is 8.65. The van der Waals surface area contributed by atoms with Crippen molar-refractivity contribution in [2.45, 2.75) is 44.8 Å². The Morgan fingerprint density at radius 1 is 1.24 bits per heavy atom. The molecule has 2 heterocycles. The minimum absolute atomic E-state index is 0.179. The van der Waals surface area contributed by atoms with Gasteiger partial charge in [-0.15, -0.1) is 5.10 Å². The van der Waals surface area contributed by atoms with E-state index in [0.29, 0.717) is 29.8 Å². The van der Waals surface area contributed by atoms with Crippen LogP contribution in [0.15, 0.2) is 41.3 Å². The molecule has 1 fully saturated rings. The lowest BCUT2D eigenvalue weighted by molar-refractivity contribution is -0.0259. The molecule has 0 atom stereocenters. The molecular weight excluding hydrogens is 318 g/mol. The molecule has 0 bridgehead atoms. The summed E-state index contributed by atoms with van der Waals surface area (Å²) in [6.07, 6.45) is 4.82. The van der Waals surface area contributed by atoms with E-state index in [0.717, 1.165) is 18.5 Å². The largest absolute Gasteiger partial charge is 0.388 e.